The van der Waals surface area contributed by atoms with Crippen molar-refractivity contribution < 1.29 is 46.4 Å². The third kappa shape index (κ3) is 4.80. The highest BCUT2D eigenvalue weighted by molar-refractivity contribution is 7.46. The van der Waals surface area contributed by atoms with E-state index in [1.165, 1.54) is 11.0 Å². The third-order valence-electron chi connectivity index (χ3n) is 6.23. The molecule has 1 saturated heterocycles. The Morgan fingerprint density at radius 2 is 1.85 bits per heavy atom. The molecule has 0 bridgehead atoms. The molecule has 4 rings (SSSR count). The summed E-state index contributed by atoms with van der Waals surface area (Å²) in [6.07, 6.45) is -3.66. The summed E-state index contributed by atoms with van der Waals surface area (Å²) in [7, 11) is -4.93. The number of carbonyl (C=O) groups excluding carboxylic acids is 3. The maximum atomic E-state index is 13.1. The Bertz CT molecular complexity index is 1110. The number of rotatable bonds is 7. The fourth-order valence-electron chi connectivity index (χ4n) is 4.40. The molecular weight excluding hydrogens is 506 g/mol. The Labute approximate surface area is 196 Å². The van der Waals surface area contributed by atoms with Gasteiger partial charge in [-0.2, -0.15) is 13.2 Å². The standard InChI is InChI=1S/C19H20ClF3N3O7P/c20-14-6-11-8-25(7-10(11)5-13(14)19(21,22)23)15(27)3-4-18(12-1-2-12)16(28)26(17(29)24-18)9-33-34(30,31)32/h5-6,12H,1-4,7-9H2,(H,24,29)(H2,30,31,32). The van der Waals surface area contributed by atoms with Crippen molar-refractivity contribution in [3.05, 3.63) is 33.8 Å². The number of amides is 4. The van der Waals surface area contributed by atoms with Crippen LogP contribution in [0.5, 0.6) is 0 Å². The zero-order valence-corrected chi connectivity index (χ0v) is 19.1. The number of carbonyl (C=O) groups is 3. The predicted octanol–water partition coefficient (Wildman–Crippen LogP) is 2.75. The fraction of sp³-hybridized carbons (Fsp3) is 0.526. The first-order chi connectivity index (χ1) is 15.7. The third-order valence-corrected chi connectivity index (χ3v) is 7.00. The van der Waals surface area contributed by atoms with Gasteiger partial charge in [-0.05, 0) is 48.4 Å². The Balaban J connectivity index is 1.44. The molecule has 4 amide bonds. The Hall–Kier alpha value is -2.18. The minimum Gasteiger partial charge on any atom is -0.334 e. The van der Waals surface area contributed by atoms with Gasteiger partial charge in [-0.15, -0.1) is 0 Å². The number of urea groups is 1. The van der Waals surface area contributed by atoms with Crippen LogP contribution in [0.25, 0.3) is 0 Å². The molecule has 34 heavy (non-hydrogen) atoms. The SMILES string of the molecule is O=C(CCC1(C2CC2)NC(=O)N(COP(=O)(O)O)C1=O)N1Cc2cc(Cl)c(C(F)(F)F)cc2C1. The molecule has 2 fully saturated rings. The Morgan fingerprint density at radius 1 is 1.24 bits per heavy atom. The van der Waals surface area contributed by atoms with Gasteiger partial charge in [0.05, 0.1) is 10.6 Å². The number of halogens is 4. The van der Waals surface area contributed by atoms with Gasteiger partial charge < -0.3 is 20.0 Å². The highest BCUT2D eigenvalue weighted by atomic mass is 35.5. The van der Waals surface area contributed by atoms with Crippen LogP contribution >= 0.6 is 19.4 Å². The van der Waals surface area contributed by atoms with E-state index < -0.39 is 54.7 Å². The molecule has 0 spiro atoms. The van der Waals surface area contributed by atoms with Crippen LogP contribution in [0.3, 0.4) is 0 Å². The van der Waals surface area contributed by atoms with Crippen LogP contribution in [0.2, 0.25) is 5.02 Å². The monoisotopic (exact) mass is 525 g/mol. The van der Waals surface area contributed by atoms with Crippen molar-refractivity contribution in [2.75, 3.05) is 6.73 Å². The molecule has 0 radical (unpaired) electrons. The van der Waals surface area contributed by atoms with Crippen molar-refractivity contribution in [2.24, 2.45) is 5.92 Å². The van der Waals surface area contributed by atoms with Crippen molar-refractivity contribution in [1.29, 1.82) is 0 Å². The lowest BCUT2D eigenvalue weighted by atomic mass is 9.87. The van der Waals surface area contributed by atoms with Crippen molar-refractivity contribution in [3.63, 3.8) is 0 Å². The highest BCUT2D eigenvalue weighted by Crippen LogP contribution is 2.46. The van der Waals surface area contributed by atoms with Gasteiger partial charge in [0.15, 0.2) is 0 Å². The van der Waals surface area contributed by atoms with Crippen LogP contribution < -0.4 is 5.32 Å². The molecule has 2 heterocycles. The van der Waals surface area contributed by atoms with Gasteiger partial charge in [0.1, 0.15) is 12.3 Å². The van der Waals surface area contributed by atoms with Crippen molar-refractivity contribution in [3.8, 4) is 0 Å². The quantitative estimate of drug-likeness (QED) is 0.368. The lowest BCUT2D eigenvalue weighted by molar-refractivity contribution is -0.138. The van der Waals surface area contributed by atoms with Gasteiger partial charge in [-0.3, -0.25) is 14.1 Å². The normalized spacial score (nSPS) is 22.9. The van der Waals surface area contributed by atoms with Crippen LogP contribution in [0.4, 0.5) is 18.0 Å². The van der Waals surface area contributed by atoms with Crippen molar-refractivity contribution in [2.45, 2.75) is 50.5 Å². The summed E-state index contributed by atoms with van der Waals surface area (Å²) in [5.74, 6) is -1.42. The first-order valence-electron chi connectivity index (χ1n) is 10.2. The summed E-state index contributed by atoms with van der Waals surface area (Å²) in [4.78, 5) is 57.7. The largest absolute Gasteiger partial charge is 0.471 e. The summed E-state index contributed by atoms with van der Waals surface area (Å²) in [5, 5.41) is 2.10. The molecule has 3 aliphatic rings. The second-order valence-electron chi connectivity index (χ2n) is 8.51. The summed E-state index contributed by atoms with van der Waals surface area (Å²) in [6.45, 7) is -0.931. The van der Waals surface area contributed by atoms with Crippen LogP contribution in [0.15, 0.2) is 12.1 Å². The number of nitrogens with zero attached hydrogens (tertiary/aromatic N) is 2. The second kappa shape index (κ2) is 8.49. The number of nitrogens with one attached hydrogen (secondary N) is 1. The van der Waals surface area contributed by atoms with Gasteiger partial charge in [0.2, 0.25) is 5.91 Å². The number of phosphoric ester groups is 1. The van der Waals surface area contributed by atoms with Crippen LogP contribution in [0, 0.1) is 5.92 Å². The molecule has 1 aliphatic carbocycles. The molecule has 10 nitrogen and oxygen atoms in total. The summed E-state index contributed by atoms with van der Waals surface area (Å²) in [5.41, 5.74) is -1.57. The predicted molar refractivity (Wildman–Crippen MR) is 109 cm³/mol. The van der Waals surface area contributed by atoms with E-state index in [1.54, 1.807) is 0 Å². The lowest BCUT2D eigenvalue weighted by Crippen LogP contribution is -2.50. The van der Waals surface area contributed by atoms with E-state index in [2.05, 4.69) is 9.84 Å². The number of imide groups is 1. The first-order valence-corrected chi connectivity index (χ1v) is 12.1. The van der Waals surface area contributed by atoms with E-state index in [1.807, 2.05) is 0 Å². The minimum atomic E-state index is -4.93. The number of fused-ring (bicyclic) bond motifs is 1. The number of phosphoric acid groups is 1. The minimum absolute atomic E-state index is 0.0482. The fourth-order valence-corrected chi connectivity index (χ4v) is 4.96. The number of alkyl halides is 3. The Morgan fingerprint density at radius 3 is 2.41 bits per heavy atom. The van der Waals surface area contributed by atoms with Gasteiger partial charge in [-0.25, -0.2) is 14.3 Å². The average Bonchev–Trinajstić information content (AvgIpc) is 3.43. The molecule has 1 atom stereocenters. The smallest absolute Gasteiger partial charge is 0.334 e. The molecule has 1 saturated carbocycles. The molecule has 186 valence electrons. The summed E-state index contributed by atoms with van der Waals surface area (Å²) in [6, 6.07) is 1.23. The Kier molecular flexibility index (Phi) is 6.22. The average molecular weight is 526 g/mol. The van der Waals surface area contributed by atoms with Crippen LogP contribution in [0.1, 0.15) is 42.4 Å². The molecular formula is C19H20ClF3N3O7P. The number of hydrogen-bond donors (Lipinski definition) is 3. The maximum absolute atomic E-state index is 13.1. The van der Waals surface area contributed by atoms with Crippen LogP contribution in [-0.2, 0) is 37.9 Å². The first kappa shape index (κ1) is 24.9. The molecule has 1 unspecified atom stereocenters. The van der Waals surface area contributed by atoms with E-state index in [-0.39, 0.29) is 31.8 Å². The van der Waals surface area contributed by atoms with Gasteiger partial charge >= 0.3 is 20.0 Å². The van der Waals surface area contributed by atoms with Crippen molar-refractivity contribution in [1.82, 2.24) is 15.1 Å². The van der Waals surface area contributed by atoms with E-state index in [4.69, 9.17) is 21.4 Å². The molecule has 15 heteroatoms. The molecule has 1 aromatic rings. The lowest BCUT2D eigenvalue weighted by Gasteiger charge is -2.27. The van der Waals surface area contributed by atoms with E-state index in [0.717, 1.165) is 6.07 Å². The maximum Gasteiger partial charge on any atom is 0.471 e. The van der Waals surface area contributed by atoms with Gasteiger partial charge in [0.25, 0.3) is 5.91 Å². The van der Waals surface area contributed by atoms with Crippen molar-refractivity contribution >= 4 is 37.3 Å². The topological polar surface area (TPSA) is 136 Å². The highest BCUT2D eigenvalue weighted by Gasteiger charge is 2.59. The van der Waals surface area contributed by atoms with E-state index >= 15 is 0 Å². The summed E-state index contributed by atoms with van der Waals surface area (Å²) >= 11 is 5.76. The molecule has 1 aromatic carbocycles. The zero-order valence-electron chi connectivity index (χ0n) is 17.5. The van der Waals surface area contributed by atoms with E-state index in [0.29, 0.717) is 28.9 Å². The summed E-state index contributed by atoms with van der Waals surface area (Å²) < 4.78 is 54.6. The second-order valence-corrected chi connectivity index (χ2v) is 10.2. The van der Waals surface area contributed by atoms with E-state index in [9.17, 15) is 32.1 Å². The number of benzene rings is 1. The van der Waals surface area contributed by atoms with Crippen LogP contribution in [-0.4, -0.2) is 49.7 Å². The molecule has 2 aliphatic heterocycles. The molecule has 0 aromatic heterocycles. The zero-order chi connectivity index (χ0) is 25.1. The van der Waals surface area contributed by atoms with Gasteiger partial charge in [-0.1, -0.05) is 11.6 Å². The molecule has 3 N–H and O–H groups in total. The number of hydrogen-bond acceptors (Lipinski definition) is 5. The van der Waals surface area contributed by atoms with Gasteiger partial charge in [0, 0.05) is 19.5 Å².